The third kappa shape index (κ3) is 4.38. The maximum atomic E-state index is 12.8. The number of para-hydroxylation sites is 1. The van der Waals surface area contributed by atoms with E-state index in [4.69, 9.17) is 0 Å². The van der Waals surface area contributed by atoms with Gasteiger partial charge in [-0.15, -0.1) is 0 Å². The Bertz CT molecular complexity index is 1150. The molecule has 0 radical (unpaired) electrons. The number of carbonyl (C=O) groups is 1. The fourth-order valence-corrected chi connectivity index (χ4v) is 4.19. The summed E-state index contributed by atoms with van der Waals surface area (Å²) < 4.78 is 27.0. The number of anilines is 2. The van der Waals surface area contributed by atoms with Crippen molar-refractivity contribution in [3.05, 3.63) is 101 Å². The fraction of sp³-hybridized carbons (Fsp3) is 0.0870. The minimum absolute atomic E-state index is 0.0895. The molecule has 1 N–H and O–H groups in total. The van der Waals surface area contributed by atoms with Crippen molar-refractivity contribution < 1.29 is 13.2 Å². The van der Waals surface area contributed by atoms with Crippen molar-refractivity contribution in [3.63, 3.8) is 0 Å². The standard InChI is InChI=1S/C23H20N2O3S/c26-23(25-16-14-19-8-4-5-9-22(19)25)20-10-12-21(13-11-20)24-29(27,28)17-15-18-6-2-1-3-7-18/h1-13,15,17,24H,14,16H2/b17-15+. The second-order valence-corrected chi connectivity index (χ2v) is 8.34. The summed E-state index contributed by atoms with van der Waals surface area (Å²) in [7, 11) is -3.65. The predicted octanol–water partition coefficient (Wildman–Crippen LogP) is 4.30. The smallest absolute Gasteiger partial charge is 0.258 e. The van der Waals surface area contributed by atoms with Gasteiger partial charge >= 0.3 is 0 Å². The van der Waals surface area contributed by atoms with E-state index in [9.17, 15) is 13.2 Å². The van der Waals surface area contributed by atoms with E-state index >= 15 is 0 Å². The average Bonchev–Trinajstić information content (AvgIpc) is 3.17. The van der Waals surface area contributed by atoms with Crippen LogP contribution >= 0.6 is 0 Å². The van der Waals surface area contributed by atoms with E-state index in [0.717, 1.165) is 28.6 Å². The van der Waals surface area contributed by atoms with Crippen molar-refractivity contribution in [3.8, 4) is 0 Å². The van der Waals surface area contributed by atoms with Crippen LogP contribution in [0.5, 0.6) is 0 Å². The van der Waals surface area contributed by atoms with Crippen molar-refractivity contribution in [2.24, 2.45) is 0 Å². The summed E-state index contributed by atoms with van der Waals surface area (Å²) in [4.78, 5) is 14.6. The Balaban J connectivity index is 1.45. The van der Waals surface area contributed by atoms with Crippen LogP contribution in [-0.2, 0) is 16.4 Å². The highest BCUT2D eigenvalue weighted by Gasteiger charge is 2.25. The van der Waals surface area contributed by atoms with Gasteiger partial charge in [0.25, 0.3) is 15.9 Å². The molecule has 1 amide bonds. The predicted molar refractivity (Wildman–Crippen MR) is 116 cm³/mol. The second-order valence-electron chi connectivity index (χ2n) is 6.77. The number of benzene rings is 3. The monoisotopic (exact) mass is 404 g/mol. The van der Waals surface area contributed by atoms with Crippen LogP contribution in [0.25, 0.3) is 6.08 Å². The second kappa shape index (κ2) is 7.93. The number of nitrogens with one attached hydrogen (secondary N) is 1. The lowest BCUT2D eigenvalue weighted by molar-refractivity contribution is 0.0989. The number of hydrogen-bond donors (Lipinski definition) is 1. The van der Waals surface area contributed by atoms with Crippen LogP contribution in [0.3, 0.4) is 0 Å². The topological polar surface area (TPSA) is 66.5 Å². The third-order valence-corrected chi connectivity index (χ3v) is 5.78. The van der Waals surface area contributed by atoms with Crippen molar-refractivity contribution in [1.29, 1.82) is 0 Å². The largest absolute Gasteiger partial charge is 0.308 e. The summed E-state index contributed by atoms with van der Waals surface area (Å²) in [6.07, 6.45) is 2.37. The van der Waals surface area contributed by atoms with E-state index in [1.807, 2.05) is 54.6 Å². The summed E-state index contributed by atoms with van der Waals surface area (Å²) in [6, 6.07) is 23.6. The Morgan fingerprint density at radius 2 is 1.59 bits per heavy atom. The number of carbonyl (C=O) groups excluding carboxylic acids is 1. The van der Waals surface area contributed by atoms with E-state index in [1.165, 1.54) is 6.08 Å². The molecular formula is C23H20N2O3S. The van der Waals surface area contributed by atoms with Gasteiger partial charge in [0, 0.05) is 23.5 Å². The molecule has 0 unspecified atom stereocenters. The number of sulfonamides is 1. The molecule has 1 aliphatic heterocycles. The van der Waals surface area contributed by atoms with Crippen molar-refractivity contribution in [2.75, 3.05) is 16.2 Å². The lowest BCUT2D eigenvalue weighted by Gasteiger charge is -2.17. The molecule has 0 atom stereocenters. The molecule has 0 fully saturated rings. The van der Waals surface area contributed by atoms with Gasteiger partial charge < -0.3 is 4.90 Å². The Morgan fingerprint density at radius 3 is 2.34 bits per heavy atom. The molecule has 0 aliphatic carbocycles. The van der Waals surface area contributed by atoms with E-state index in [1.54, 1.807) is 29.2 Å². The lowest BCUT2D eigenvalue weighted by Crippen LogP contribution is -2.28. The molecule has 5 nitrogen and oxygen atoms in total. The molecule has 0 saturated heterocycles. The fourth-order valence-electron chi connectivity index (χ4n) is 3.32. The Kier molecular flexibility index (Phi) is 5.18. The molecule has 29 heavy (non-hydrogen) atoms. The quantitative estimate of drug-likeness (QED) is 0.689. The maximum Gasteiger partial charge on any atom is 0.258 e. The van der Waals surface area contributed by atoms with E-state index in [2.05, 4.69) is 4.72 Å². The zero-order valence-corrected chi connectivity index (χ0v) is 16.5. The normalized spacial score (nSPS) is 13.4. The molecule has 0 spiro atoms. The van der Waals surface area contributed by atoms with Gasteiger partial charge in [0.15, 0.2) is 0 Å². The van der Waals surface area contributed by atoms with E-state index in [0.29, 0.717) is 17.8 Å². The summed E-state index contributed by atoms with van der Waals surface area (Å²) in [5.74, 6) is -0.0895. The van der Waals surface area contributed by atoms with Crippen molar-refractivity contribution in [2.45, 2.75) is 6.42 Å². The minimum Gasteiger partial charge on any atom is -0.308 e. The molecule has 3 aromatic carbocycles. The van der Waals surface area contributed by atoms with Crippen LogP contribution in [0.4, 0.5) is 11.4 Å². The van der Waals surface area contributed by atoms with E-state index < -0.39 is 10.0 Å². The average molecular weight is 404 g/mol. The number of nitrogens with zero attached hydrogens (tertiary/aromatic N) is 1. The first-order valence-electron chi connectivity index (χ1n) is 9.28. The highest BCUT2D eigenvalue weighted by Crippen LogP contribution is 2.29. The van der Waals surface area contributed by atoms with Gasteiger partial charge in [-0.25, -0.2) is 8.42 Å². The zero-order valence-electron chi connectivity index (χ0n) is 15.7. The molecule has 0 aromatic heterocycles. The number of rotatable bonds is 5. The van der Waals surface area contributed by atoms with Crippen molar-refractivity contribution in [1.82, 2.24) is 0 Å². The zero-order chi connectivity index (χ0) is 20.3. The van der Waals surface area contributed by atoms with Crippen LogP contribution < -0.4 is 9.62 Å². The molecule has 1 aliphatic rings. The number of fused-ring (bicyclic) bond motifs is 1. The van der Waals surface area contributed by atoms with Gasteiger partial charge in [0.1, 0.15) is 0 Å². The summed E-state index contributed by atoms with van der Waals surface area (Å²) in [6.45, 7) is 0.650. The van der Waals surface area contributed by atoms with Gasteiger partial charge in [0.2, 0.25) is 0 Å². The molecular weight excluding hydrogens is 384 g/mol. The first-order chi connectivity index (χ1) is 14.0. The minimum atomic E-state index is -3.65. The van der Waals surface area contributed by atoms with Crippen LogP contribution in [0, 0.1) is 0 Å². The number of hydrogen-bond acceptors (Lipinski definition) is 3. The van der Waals surface area contributed by atoms with E-state index in [-0.39, 0.29) is 5.91 Å². The maximum absolute atomic E-state index is 12.8. The van der Waals surface area contributed by atoms with Gasteiger partial charge in [-0.1, -0.05) is 48.5 Å². The lowest BCUT2D eigenvalue weighted by atomic mass is 10.1. The van der Waals surface area contributed by atoms with Crippen LogP contribution in [-0.4, -0.2) is 20.9 Å². The molecule has 146 valence electrons. The first-order valence-corrected chi connectivity index (χ1v) is 10.8. The summed E-state index contributed by atoms with van der Waals surface area (Å²) in [5, 5.41) is 1.13. The highest BCUT2D eigenvalue weighted by atomic mass is 32.2. The molecule has 1 heterocycles. The van der Waals surface area contributed by atoms with Crippen LogP contribution in [0.2, 0.25) is 0 Å². The molecule has 4 rings (SSSR count). The molecule has 0 bridgehead atoms. The Morgan fingerprint density at radius 1 is 0.897 bits per heavy atom. The highest BCUT2D eigenvalue weighted by molar-refractivity contribution is 7.95. The van der Waals surface area contributed by atoms with Gasteiger partial charge in [0.05, 0.1) is 5.41 Å². The molecule has 0 saturated carbocycles. The first kappa shape index (κ1) is 19.0. The Hall–Kier alpha value is -3.38. The van der Waals surface area contributed by atoms with Gasteiger partial charge in [-0.05, 0) is 54.0 Å². The molecule has 6 heteroatoms. The molecule has 3 aromatic rings. The van der Waals surface area contributed by atoms with Gasteiger partial charge in [-0.3, -0.25) is 9.52 Å². The number of amides is 1. The SMILES string of the molecule is O=C(c1ccc(NS(=O)(=O)/C=C/c2ccccc2)cc1)N1CCc2ccccc21. The van der Waals surface area contributed by atoms with Crippen LogP contribution in [0.1, 0.15) is 21.5 Å². The van der Waals surface area contributed by atoms with Crippen LogP contribution in [0.15, 0.2) is 84.3 Å². The Labute approximate surface area is 170 Å². The third-order valence-electron chi connectivity index (χ3n) is 4.76. The summed E-state index contributed by atoms with van der Waals surface area (Å²) in [5.41, 5.74) is 3.82. The summed E-state index contributed by atoms with van der Waals surface area (Å²) >= 11 is 0. The van der Waals surface area contributed by atoms with Gasteiger partial charge in [-0.2, -0.15) is 0 Å². The van der Waals surface area contributed by atoms with Crippen molar-refractivity contribution >= 4 is 33.4 Å².